The molecule has 0 amide bonds. The fourth-order valence-electron chi connectivity index (χ4n) is 1.93. The average Bonchev–Trinajstić information content (AvgIpc) is 2.42. The van der Waals surface area contributed by atoms with E-state index in [-0.39, 0.29) is 11.8 Å². The Bertz CT molecular complexity index is 553. The molecule has 100 valence electrons. The van der Waals surface area contributed by atoms with E-state index in [1.807, 2.05) is 31.2 Å². The molecule has 0 aromatic heterocycles. The zero-order valence-corrected chi connectivity index (χ0v) is 11.1. The van der Waals surface area contributed by atoms with Crippen LogP contribution in [0.25, 0.3) is 0 Å². The lowest BCUT2D eigenvalue weighted by Gasteiger charge is -2.17. The lowest BCUT2D eigenvalue weighted by atomic mass is 10.1. The largest absolute Gasteiger partial charge is 0.508 e. The van der Waals surface area contributed by atoms with Gasteiger partial charge in [0.2, 0.25) is 0 Å². The lowest BCUT2D eigenvalue weighted by molar-refractivity contribution is 0.415. The second kappa shape index (κ2) is 5.52. The number of ether oxygens (including phenoxy) is 1. The Kier molecular flexibility index (Phi) is 3.80. The summed E-state index contributed by atoms with van der Waals surface area (Å²) >= 11 is 0. The van der Waals surface area contributed by atoms with E-state index in [0.29, 0.717) is 5.69 Å². The van der Waals surface area contributed by atoms with Crippen molar-refractivity contribution in [3.63, 3.8) is 0 Å². The maximum absolute atomic E-state index is 9.85. The quantitative estimate of drug-likeness (QED) is 0.582. The number of anilines is 2. The molecule has 1 atom stereocenters. The predicted octanol–water partition coefficient (Wildman–Crippen LogP) is 3.16. The van der Waals surface area contributed by atoms with Gasteiger partial charge in [0.25, 0.3) is 0 Å². The number of methoxy groups -OCH3 is 1. The lowest BCUT2D eigenvalue weighted by Crippen LogP contribution is -2.07. The summed E-state index contributed by atoms with van der Waals surface area (Å²) in [6.45, 7) is 1.97. The zero-order valence-electron chi connectivity index (χ0n) is 11.1. The number of phenolic OH excluding ortho intramolecular Hbond substituents is 1. The number of nitrogen functional groups attached to an aromatic ring is 1. The molecule has 2 rings (SSSR count). The van der Waals surface area contributed by atoms with Crippen LogP contribution in [-0.4, -0.2) is 12.2 Å². The van der Waals surface area contributed by atoms with E-state index < -0.39 is 0 Å². The molecule has 0 aliphatic carbocycles. The van der Waals surface area contributed by atoms with Gasteiger partial charge in [-0.3, -0.25) is 0 Å². The Morgan fingerprint density at radius 2 is 1.84 bits per heavy atom. The maximum Gasteiger partial charge on any atom is 0.120 e. The van der Waals surface area contributed by atoms with Gasteiger partial charge in [0.1, 0.15) is 11.5 Å². The summed E-state index contributed by atoms with van der Waals surface area (Å²) in [7, 11) is 1.63. The van der Waals surface area contributed by atoms with Crippen molar-refractivity contribution in [2.24, 2.45) is 0 Å². The third-order valence-corrected chi connectivity index (χ3v) is 2.99. The van der Waals surface area contributed by atoms with Gasteiger partial charge in [0, 0.05) is 16.9 Å². The number of hydrogen-bond acceptors (Lipinski definition) is 4. The number of rotatable bonds is 4. The fourth-order valence-corrected chi connectivity index (χ4v) is 1.93. The standard InChI is InChI=1S/C15H18N2O2/c1-10(14-9-11(16)3-8-15(14)18)17-12-4-6-13(19-2)7-5-12/h3-10,17-18H,16H2,1-2H3. The van der Waals surface area contributed by atoms with Gasteiger partial charge in [0.15, 0.2) is 0 Å². The Morgan fingerprint density at radius 3 is 2.47 bits per heavy atom. The molecule has 0 saturated carbocycles. The monoisotopic (exact) mass is 258 g/mol. The van der Waals surface area contributed by atoms with Gasteiger partial charge in [-0.1, -0.05) is 0 Å². The highest BCUT2D eigenvalue weighted by Gasteiger charge is 2.10. The maximum atomic E-state index is 9.85. The van der Waals surface area contributed by atoms with Gasteiger partial charge in [-0.05, 0) is 49.4 Å². The van der Waals surface area contributed by atoms with Crippen LogP contribution in [0.4, 0.5) is 11.4 Å². The Hall–Kier alpha value is -2.36. The van der Waals surface area contributed by atoms with Crippen LogP contribution < -0.4 is 15.8 Å². The van der Waals surface area contributed by atoms with Crippen LogP contribution in [0.5, 0.6) is 11.5 Å². The van der Waals surface area contributed by atoms with Crippen LogP contribution in [0, 0.1) is 0 Å². The highest BCUT2D eigenvalue weighted by atomic mass is 16.5. The first kappa shape index (κ1) is 13.1. The van der Waals surface area contributed by atoms with Crippen LogP contribution >= 0.6 is 0 Å². The van der Waals surface area contributed by atoms with Crippen LogP contribution in [-0.2, 0) is 0 Å². The molecule has 2 aromatic rings. The molecular weight excluding hydrogens is 240 g/mol. The van der Waals surface area contributed by atoms with Crippen molar-refractivity contribution in [3.05, 3.63) is 48.0 Å². The minimum absolute atomic E-state index is 0.0445. The summed E-state index contributed by atoms with van der Waals surface area (Å²) in [5, 5.41) is 13.2. The minimum Gasteiger partial charge on any atom is -0.508 e. The molecule has 0 radical (unpaired) electrons. The first-order valence-corrected chi connectivity index (χ1v) is 6.09. The van der Waals surface area contributed by atoms with Crippen molar-refractivity contribution in [2.75, 3.05) is 18.2 Å². The molecule has 4 nitrogen and oxygen atoms in total. The molecule has 0 aliphatic rings. The third-order valence-electron chi connectivity index (χ3n) is 2.99. The normalized spacial score (nSPS) is 11.9. The second-order valence-corrected chi connectivity index (χ2v) is 4.41. The van der Waals surface area contributed by atoms with Gasteiger partial charge in [-0.15, -0.1) is 0 Å². The van der Waals surface area contributed by atoms with Gasteiger partial charge >= 0.3 is 0 Å². The molecule has 0 fully saturated rings. The molecule has 0 heterocycles. The van der Waals surface area contributed by atoms with Crippen molar-refractivity contribution >= 4 is 11.4 Å². The summed E-state index contributed by atoms with van der Waals surface area (Å²) in [5.74, 6) is 1.05. The topological polar surface area (TPSA) is 67.5 Å². The summed E-state index contributed by atoms with van der Waals surface area (Å²) in [6.07, 6.45) is 0. The molecule has 0 bridgehead atoms. The number of nitrogens with two attached hydrogens (primary N) is 1. The number of nitrogens with one attached hydrogen (secondary N) is 1. The van der Waals surface area contributed by atoms with Gasteiger partial charge in [-0.25, -0.2) is 0 Å². The summed E-state index contributed by atoms with van der Waals surface area (Å²) in [4.78, 5) is 0. The number of phenols is 1. The van der Waals surface area contributed by atoms with E-state index >= 15 is 0 Å². The molecule has 19 heavy (non-hydrogen) atoms. The van der Waals surface area contributed by atoms with E-state index in [0.717, 1.165) is 17.0 Å². The Morgan fingerprint density at radius 1 is 1.16 bits per heavy atom. The van der Waals surface area contributed by atoms with E-state index in [2.05, 4.69) is 5.32 Å². The molecular formula is C15H18N2O2. The molecule has 0 spiro atoms. The van der Waals surface area contributed by atoms with E-state index in [1.165, 1.54) is 0 Å². The fraction of sp³-hybridized carbons (Fsp3) is 0.200. The van der Waals surface area contributed by atoms with Crippen molar-refractivity contribution in [2.45, 2.75) is 13.0 Å². The number of benzene rings is 2. The Labute approximate surface area is 112 Å². The number of hydrogen-bond donors (Lipinski definition) is 3. The SMILES string of the molecule is COc1ccc(NC(C)c2cc(N)ccc2O)cc1. The number of aromatic hydroxyl groups is 1. The smallest absolute Gasteiger partial charge is 0.120 e. The first-order chi connectivity index (χ1) is 9.10. The molecule has 1 unspecified atom stereocenters. The zero-order chi connectivity index (χ0) is 13.8. The first-order valence-electron chi connectivity index (χ1n) is 6.09. The third kappa shape index (κ3) is 3.10. The summed E-state index contributed by atoms with van der Waals surface area (Å²) in [6, 6.07) is 12.6. The van der Waals surface area contributed by atoms with Crippen LogP contribution in [0.15, 0.2) is 42.5 Å². The van der Waals surface area contributed by atoms with Crippen molar-refractivity contribution in [3.8, 4) is 11.5 Å². The molecule has 0 aliphatic heterocycles. The van der Waals surface area contributed by atoms with Crippen LogP contribution in [0.1, 0.15) is 18.5 Å². The van der Waals surface area contributed by atoms with Gasteiger partial charge in [-0.2, -0.15) is 0 Å². The minimum atomic E-state index is -0.0445. The van der Waals surface area contributed by atoms with Gasteiger partial charge in [0.05, 0.1) is 13.2 Å². The van der Waals surface area contributed by atoms with Crippen molar-refractivity contribution in [1.29, 1.82) is 0 Å². The van der Waals surface area contributed by atoms with Crippen LogP contribution in [0.2, 0.25) is 0 Å². The second-order valence-electron chi connectivity index (χ2n) is 4.41. The molecule has 0 saturated heterocycles. The van der Waals surface area contributed by atoms with Gasteiger partial charge < -0.3 is 20.9 Å². The molecule has 4 heteroatoms. The summed E-state index contributed by atoms with van der Waals surface area (Å²) < 4.78 is 5.11. The summed E-state index contributed by atoms with van der Waals surface area (Å²) in [5.41, 5.74) is 8.10. The average molecular weight is 258 g/mol. The predicted molar refractivity (Wildman–Crippen MR) is 77.6 cm³/mol. The van der Waals surface area contributed by atoms with E-state index in [9.17, 15) is 5.11 Å². The molecule has 2 aromatic carbocycles. The highest BCUT2D eigenvalue weighted by molar-refractivity contribution is 5.53. The van der Waals surface area contributed by atoms with E-state index in [4.69, 9.17) is 10.5 Å². The van der Waals surface area contributed by atoms with Crippen molar-refractivity contribution < 1.29 is 9.84 Å². The van der Waals surface area contributed by atoms with Crippen LogP contribution in [0.3, 0.4) is 0 Å². The highest BCUT2D eigenvalue weighted by Crippen LogP contribution is 2.29. The van der Waals surface area contributed by atoms with E-state index in [1.54, 1.807) is 25.3 Å². The molecule has 4 N–H and O–H groups in total. The van der Waals surface area contributed by atoms with Crippen molar-refractivity contribution in [1.82, 2.24) is 0 Å². The Balaban J connectivity index is 2.15.